The van der Waals surface area contributed by atoms with E-state index in [4.69, 9.17) is 15.9 Å². The molecule has 0 aliphatic heterocycles. The van der Waals surface area contributed by atoms with Gasteiger partial charge in [0.05, 0.1) is 5.92 Å². The Hall–Kier alpha value is -0.750. The standard InChI is InChI=1S/C18H36O2.C3H7NO2S/c1-3-5-6-7-8-9-10-11-12-13-14-15-16-17(4-2)18(19)20;4-2(1-7)3(5)6/h17H,3-16H2,1-2H3,(H,19,20);2,7H,1,4H2,(H,5,6)/t17-;2-/m00/s1. The van der Waals surface area contributed by atoms with E-state index in [1.807, 2.05) is 6.92 Å². The smallest absolute Gasteiger partial charge is 0.321 e. The third-order valence-corrected chi connectivity index (χ3v) is 5.16. The fourth-order valence-corrected chi connectivity index (χ4v) is 2.97. The lowest BCUT2D eigenvalue weighted by molar-refractivity contribution is -0.142. The van der Waals surface area contributed by atoms with Crippen LogP contribution in [0.25, 0.3) is 0 Å². The Labute approximate surface area is 171 Å². The molecule has 0 bridgehead atoms. The molecule has 0 saturated heterocycles. The van der Waals surface area contributed by atoms with E-state index in [-0.39, 0.29) is 11.7 Å². The zero-order valence-electron chi connectivity index (χ0n) is 17.5. The third-order valence-electron chi connectivity index (χ3n) is 4.76. The van der Waals surface area contributed by atoms with Gasteiger partial charge < -0.3 is 15.9 Å². The molecule has 0 radical (unpaired) electrons. The SMILES string of the molecule is CCCCCCCCCCCCCC[C@H](CC)C(=O)O.N[C@@H](CS)C(=O)O. The Kier molecular flexibility index (Phi) is 22.7. The van der Waals surface area contributed by atoms with Crippen molar-refractivity contribution in [3.05, 3.63) is 0 Å². The molecule has 0 aromatic rings. The van der Waals surface area contributed by atoms with Crippen molar-refractivity contribution in [3.8, 4) is 0 Å². The minimum atomic E-state index is -1.00. The second kappa shape index (κ2) is 21.5. The first-order valence-electron chi connectivity index (χ1n) is 10.7. The van der Waals surface area contributed by atoms with Crippen molar-refractivity contribution in [1.82, 2.24) is 0 Å². The molecule has 0 aromatic heterocycles. The highest BCUT2D eigenvalue weighted by molar-refractivity contribution is 7.80. The van der Waals surface area contributed by atoms with E-state index in [1.165, 1.54) is 70.6 Å². The normalized spacial score (nSPS) is 12.7. The van der Waals surface area contributed by atoms with Crippen LogP contribution in [0.3, 0.4) is 0 Å². The first-order valence-corrected chi connectivity index (χ1v) is 11.4. The van der Waals surface area contributed by atoms with Crippen LogP contribution in [0.15, 0.2) is 0 Å². The Morgan fingerprint density at radius 2 is 1.19 bits per heavy atom. The lowest BCUT2D eigenvalue weighted by Gasteiger charge is -2.08. The van der Waals surface area contributed by atoms with E-state index >= 15 is 0 Å². The van der Waals surface area contributed by atoms with Crippen molar-refractivity contribution >= 4 is 24.6 Å². The van der Waals surface area contributed by atoms with Gasteiger partial charge in [-0.25, -0.2) is 0 Å². The van der Waals surface area contributed by atoms with Gasteiger partial charge in [0.15, 0.2) is 0 Å². The summed E-state index contributed by atoms with van der Waals surface area (Å²) >= 11 is 3.65. The maximum Gasteiger partial charge on any atom is 0.321 e. The summed E-state index contributed by atoms with van der Waals surface area (Å²) in [5.41, 5.74) is 4.94. The number of unbranched alkanes of at least 4 members (excludes halogenated alkanes) is 11. The van der Waals surface area contributed by atoms with Crippen molar-refractivity contribution in [1.29, 1.82) is 0 Å². The van der Waals surface area contributed by atoms with Crippen LogP contribution in [-0.4, -0.2) is 33.9 Å². The van der Waals surface area contributed by atoms with Gasteiger partial charge in [-0.2, -0.15) is 12.6 Å². The Bertz CT molecular complexity index is 353. The number of hydrogen-bond donors (Lipinski definition) is 4. The van der Waals surface area contributed by atoms with Crippen LogP contribution in [-0.2, 0) is 9.59 Å². The van der Waals surface area contributed by atoms with Crippen LogP contribution in [0.5, 0.6) is 0 Å². The monoisotopic (exact) mass is 405 g/mol. The minimum absolute atomic E-state index is 0.113. The van der Waals surface area contributed by atoms with Crippen LogP contribution >= 0.6 is 12.6 Å². The molecule has 0 aliphatic rings. The van der Waals surface area contributed by atoms with Crippen LogP contribution in [0.1, 0.15) is 104 Å². The molecule has 2 atom stereocenters. The van der Waals surface area contributed by atoms with Crippen molar-refractivity contribution < 1.29 is 19.8 Å². The Morgan fingerprint density at radius 3 is 1.44 bits per heavy atom. The summed E-state index contributed by atoms with van der Waals surface area (Å²) in [6, 6.07) is -0.816. The largest absolute Gasteiger partial charge is 0.481 e. The van der Waals surface area contributed by atoms with Gasteiger partial charge in [-0.05, 0) is 12.8 Å². The number of carbonyl (C=O) groups is 2. The topological polar surface area (TPSA) is 101 Å². The van der Waals surface area contributed by atoms with Crippen LogP contribution < -0.4 is 5.73 Å². The highest BCUT2D eigenvalue weighted by Gasteiger charge is 2.13. The van der Waals surface area contributed by atoms with E-state index in [0.717, 1.165) is 19.3 Å². The van der Waals surface area contributed by atoms with Gasteiger partial charge in [-0.3, -0.25) is 9.59 Å². The summed E-state index contributed by atoms with van der Waals surface area (Å²) in [7, 11) is 0. The lowest BCUT2D eigenvalue weighted by Crippen LogP contribution is -2.31. The van der Waals surface area contributed by atoms with Gasteiger partial charge in [0.25, 0.3) is 0 Å². The molecule has 0 unspecified atom stereocenters. The summed E-state index contributed by atoms with van der Waals surface area (Å²) in [4.78, 5) is 20.6. The number of thiol groups is 1. The molecule has 0 aromatic carbocycles. The van der Waals surface area contributed by atoms with E-state index in [2.05, 4.69) is 19.6 Å². The number of aliphatic carboxylic acids is 2. The summed E-state index contributed by atoms with van der Waals surface area (Å²) in [5, 5.41) is 17.0. The predicted molar refractivity (Wildman–Crippen MR) is 117 cm³/mol. The number of carboxylic acids is 2. The molecule has 27 heavy (non-hydrogen) atoms. The Morgan fingerprint density at radius 1 is 0.778 bits per heavy atom. The molecule has 0 heterocycles. The average molecular weight is 406 g/mol. The van der Waals surface area contributed by atoms with Crippen LogP contribution in [0, 0.1) is 5.92 Å². The summed E-state index contributed by atoms with van der Waals surface area (Å²) < 4.78 is 0. The molecular weight excluding hydrogens is 362 g/mol. The highest BCUT2D eigenvalue weighted by atomic mass is 32.1. The number of carboxylic acid groups (broad SMARTS) is 2. The number of rotatable bonds is 17. The van der Waals surface area contributed by atoms with E-state index in [1.54, 1.807) is 0 Å². The van der Waals surface area contributed by atoms with Crippen molar-refractivity contribution in [2.75, 3.05) is 5.75 Å². The number of hydrogen-bond acceptors (Lipinski definition) is 4. The molecule has 0 aliphatic carbocycles. The summed E-state index contributed by atoms with van der Waals surface area (Å²) in [6.45, 7) is 4.23. The molecule has 0 rings (SSSR count). The zero-order chi connectivity index (χ0) is 20.9. The first kappa shape index (κ1) is 28.5. The van der Waals surface area contributed by atoms with Crippen molar-refractivity contribution in [3.63, 3.8) is 0 Å². The van der Waals surface area contributed by atoms with Gasteiger partial charge in [0.2, 0.25) is 0 Å². The van der Waals surface area contributed by atoms with Crippen LogP contribution in [0.4, 0.5) is 0 Å². The second-order valence-electron chi connectivity index (χ2n) is 7.25. The molecule has 0 amide bonds. The molecule has 162 valence electrons. The van der Waals surface area contributed by atoms with E-state index < -0.39 is 18.0 Å². The van der Waals surface area contributed by atoms with Gasteiger partial charge in [-0.1, -0.05) is 90.9 Å². The summed E-state index contributed by atoms with van der Waals surface area (Å²) in [6.07, 6.45) is 17.7. The fourth-order valence-electron chi connectivity index (χ4n) is 2.81. The Balaban J connectivity index is 0. The maximum absolute atomic E-state index is 10.9. The molecule has 6 heteroatoms. The minimum Gasteiger partial charge on any atom is -0.481 e. The maximum atomic E-state index is 10.9. The van der Waals surface area contributed by atoms with E-state index in [0.29, 0.717) is 0 Å². The zero-order valence-corrected chi connectivity index (χ0v) is 18.4. The quantitative estimate of drug-likeness (QED) is 0.189. The summed E-state index contributed by atoms with van der Waals surface area (Å²) in [5.74, 6) is -1.54. The molecule has 5 nitrogen and oxygen atoms in total. The highest BCUT2D eigenvalue weighted by Crippen LogP contribution is 2.16. The van der Waals surface area contributed by atoms with E-state index in [9.17, 15) is 9.59 Å². The number of nitrogens with two attached hydrogens (primary N) is 1. The van der Waals surface area contributed by atoms with Gasteiger partial charge in [0.1, 0.15) is 6.04 Å². The fraction of sp³-hybridized carbons (Fsp3) is 0.905. The van der Waals surface area contributed by atoms with Gasteiger partial charge in [0, 0.05) is 5.75 Å². The van der Waals surface area contributed by atoms with Crippen molar-refractivity contribution in [2.24, 2.45) is 11.7 Å². The van der Waals surface area contributed by atoms with Gasteiger partial charge >= 0.3 is 11.9 Å². The molecule has 4 N–H and O–H groups in total. The third kappa shape index (κ3) is 21.4. The molecule has 0 saturated carbocycles. The lowest BCUT2D eigenvalue weighted by atomic mass is 9.98. The van der Waals surface area contributed by atoms with Gasteiger partial charge in [-0.15, -0.1) is 0 Å². The average Bonchev–Trinajstić information content (AvgIpc) is 2.65. The second-order valence-corrected chi connectivity index (χ2v) is 7.61. The predicted octanol–water partition coefficient (Wildman–Crippen LogP) is 5.52. The molecular formula is C21H43NO4S. The van der Waals surface area contributed by atoms with Crippen molar-refractivity contribution in [2.45, 2.75) is 110 Å². The molecule has 0 spiro atoms. The molecule has 0 fully saturated rings. The van der Waals surface area contributed by atoms with Crippen LogP contribution in [0.2, 0.25) is 0 Å². The first-order chi connectivity index (χ1) is 12.9.